The minimum atomic E-state index is -4.03. The first-order valence-electron chi connectivity index (χ1n) is 11.0. The van der Waals surface area contributed by atoms with Crippen molar-refractivity contribution < 1.29 is 17.9 Å². The Balaban J connectivity index is 1.56. The molecule has 1 fully saturated rings. The second-order valence-electron chi connectivity index (χ2n) is 8.08. The summed E-state index contributed by atoms with van der Waals surface area (Å²) < 4.78 is 34.2. The van der Waals surface area contributed by atoms with Crippen molar-refractivity contribution in [3.8, 4) is 11.8 Å². The highest BCUT2D eigenvalue weighted by atomic mass is 35.5. The van der Waals surface area contributed by atoms with E-state index >= 15 is 0 Å². The van der Waals surface area contributed by atoms with Gasteiger partial charge in [0.1, 0.15) is 5.75 Å². The van der Waals surface area contributed by atoms with Gasteiger partial charge in [-0.3, -0.25) is 9.52 Å². The van der Waals surface area contributed by atoms with Crippen LogP contribution in [-0.4, -0.2) is 34.0 Å². The summed E-state index contributed by atoms with van der Waals surface area (Å²) in [7, 11) is -4.03. The van der Waals surface area contributed by atoms with Crippen molar-refractivity contribution in [2.45, 2.75) is 17.7 Å². The quantitative estimate of drug-likeness (QED) is 0.398. The summed E-state index contributed by atoms with van der Waals surface area (Å²) in [6, 6.07) is 17.4. The SMILES string of the molecule is N#Cc1ccc(OCC(=O)Nc2cc(S(=O)(=O)Nc3cc(Cl)ccc3Cl)ccc2N2CCCC2)cc1. The Kier molecular flexibility index (Phi) is 7.89. The number of nitrogens with one attached hydrogen (secondary N) is 2. The predicted molar refractivity (Wildman–Crippen MR) is 140 cm³/mol. The topological polar surface area (TPSA) is 112 Å². The Morgan fingerprint density at radius 3 is 2.42 bits per heavy atom. The summed E-state index contributed by atoms with van der Waals surface area (Å²) in [5, 5.41) is 12.2. The van der Waals surface area contributed by atoms with Gasteiger partial charge >= 0.3 is 0 Å². The Labute approximate surface area is 219 Å². The van der Waals surface area contributed by atoms with Crippen LogP contribution in [0.25, 0.3) is 0 Å². The molecule has 1 amide bonds. The third-order valence-electron chi connectivity index (χ3n) is 5.53. The molecule has 3 aromatic carbocycles. The van der Waals surface area contributed by atoms with Crippen molar-refractivity contribution in [1.29, 1.82) is 5.26 Å². The van der Waals surface area contributed by atoms with E-state index in [1.165, 1.54) is 24.3 Å². The lowest BCUT2D eigenvalue weighted by Crippen LogP contribution is -2.24. The van der Waals surface area contributed by atoms with E-state index in [9.17, 15) is 13.2 Å². The number of rotatable bonds is 8. The summed E-state index contributed by atoms with van der Waals surface area (Å²) in [5.41, 5.74) is 1.70. The van der Waals surface area contributed by atoms with Crippen LogP contribution >= 0.6 is 23.2 Å². The Morgan fingerprint density at radius 2 is 1.72 bits per heavy atom. The van der Waals surface area contributed by atoms with Gasteiger partial charge in [0.2, 0.25) is 0 Å². The summed E-state index contributed by atoms with van der Waals surface area (Å²) in [4.78, 5) is 14.7. The molecule has 1 aliphatic rings. The fourth-order valence-corrected chi connectivity index (χ4v) is 5.25. The molecule has 8 nitrogen and oxygen atoms in total. The Morgan fingerprint density at radius 1 is 1.00 bits per heavy atom. The van der Waals surface area contributed by atoms with Crippen LogP contribution in [-0.2, 0) is 14.8 Å². The van der Waals surface area contributed by atoms with Crippen LogP contribution in [0.1, 0.15) is 18.4 Å². The van der Waals surface area contributed by atoms with Crippen LogP contribution < -0.4 is 19.7 Å². The van der Waals surface area contributed by atoms with E-state index in [0.29, 0.717) is 22.0 Å². The smallest absolute Gasteiger partial charge is 0.262 e. The Bertz CT molecular complexity index is 1420. The zero-order chi connectivity index (χ0) is 25.7. The van der Waals surface area contributed by atoms with E-state index in [-0.39, 0.29) is 22.2 Å². The molecule has 11 heteroatoms. The summed E-state index contributed by atoms with van der Waals surface area (Å²) in [6.45, 7) is 1.30. The first-order chi connectivity index (χ1) is 17.2. The van der Waals surface area contributed by atoms with Gasteiger partial charge in [0.05, 0.1) is 38.6 Å². The highest BCUT2D eigenvalue weighted by Gasteiger charge is 2.22. The number of hydrogen-bond donors (Lipinski definition) is 2. The standard InChI is InChI=1S/C25H22Cl2N4O4S/c26-18-5-9-21(27)22(13-18)30-36(33,34)20-8-10-24(31-11-1-2-12-31)23(14-20)29-25(32)16-35-19-6-3-17(15-28)4-7-19/h3-10,13-14,30H,1-2,11-12,16H2,(H,29,32). The first kappa shape index (κ1) is 25.6. The van der Waals surface area contributed by atoms with Crippen LogP contribution in [0.5, 0.6) is 5.75 Å². The molecule has 2 N–H and O–H groups in total. The highest BCUT2D eigenvalue weighted by molar-refractivity contribution is 7.92. The number of halogens is 2. The van der Waals surface area contributed by atoms with Crippen LogP contribution in [0.4, 0.5) is 17.1 Å². The van der Waals surface area contributed by atoms with E-state index in [4.69, 9.17) is 33.2 Å². The minimum absolute atomic E-state index is 0.0511. The third-order valence-corrected chi connectivity index (χ3v) is 7.45. The summed E-state index contributed by atoms with van der Waals surface area (Å²) in [6.07, 6.45) is 2.01. The van der Waals surface area contributed by atoms with Crippen LogP contribution in [0.2, 0.25) is 10.0 Å². The second kappa shape index (κ2) is 11.1. The fraction of sp³-hybridized carbons (Fsp3) is 0.200. The maximum absolute atomic E-state index is 13.1. The maximum atomic E-state index is 13.1. The molecule has 0 unspecified atom stereocenters. The van der Waals surface area contributed by atoms with Crippen LogP contribution in [0.15, 0.2) is 65.6 Å². The van der Waals surface area contributed by atoms with Gasteiger partial charge in [0.25, 0.3) is 15.9 Å². The average molecular weight is 545 g/mol. The van der Waals surface area contributed by atoms with Gasteiger partial charge in [-0.1, -0.05) is 23.2 Å². The number of carbonyl (C=O) groups excluding carboxylic acids is 1. The monoisotopic (exact) mass is 544 g/mol. The lowest BCUT2D eigenvalue weighted by Gasteiger charge is -2.22. The molecule has 0 saturated carbocycles. The normalized spacial score (nSPS) is 13.2. The first-order valence-corrected chi connectivity index (χ1v) is 13.3. The maximum Gasteiger partial charge on any atom is 0.262 e. The van der Waals surface area contributed by atoms with Gasteiger partial charge in [0.15, 0.2) is 6.61 Å². The number of hydrogen-bond acceptors (Lipinski definition) is 6. The molecule has 4 rings (SSSR count). The fourth-order valence-electron chi connectivity index (χ4n) is 3.76. The second-order valence-corrected chi connectivity index (χ2v) is 10.6. The van der Waals surface area contributed by atoms with E-state index in [1.807, 2.05) is 6.07 Å². The number of ether oxygens (including phenoxy) is 1. The van der Waals surface area contributed by atoms with Gasteiger partial charge in [-0.15, -0.1) is 0 Å². The molecule has 0 bridgehead atoms. The van der Waals surface area contributed by atoms with Gasteiger partial charge in [-0.2, -0.15) is 5.26 Å². The van der Waals surface area contributed by atoms with Gasteiger partial charge in [-0.05, 0) is 73.5 Å². The molecule has 0 atom stereocenters. The molecule has 3 aromatic rings. The van der Waals surface area contributed by atoms with Crippen molar-refractivity contribution in [2.75, 3.05) is 34.6 Å². The average Bonchev–Trinajstić information content (AvgIpc) is 3.40. The predicted octanol–water partition coefficient (Wildman–Crippen LogP) is 5.28. The van der Waals surface area contributed by atoms with E-state index in [2.05, 4.69) is 14.9 Å². The molecular weight excluding hydrogens is 523 g/mol. The molecular formula is C25H22Cl2N4O4S. The molecule has 0 aliphatic carbocycles. The number of benzene rings is 3. The third kappa shape index (κ3) is 6.21. The summed E-state index contributed by atoms with van der Waals surface area (Å²) >= 11 is 12.1. The largest absolute Gasteiger partial charge is 0.484 e. The molecule has 0 radical (unpaired) electrons. The molecule has 186 valence electrons. The molecule has 0 aromatic heterocycles. The van der Waals surface area contributed by atoms with Crippen molar-refractivity contribution in [1.82, 2.24) is 0 Å². The van der Waals surface area contributed by atoms with Gasteiger partial charge in [0, 0.05) is 18.1 Å². The van der Waals surface area contributed by atoms with Crippen molar-refractivity contribution in [3.05, 3.63) is 76.3 Å². The molecule has 36 heavy (non-hydrogen) atoms. The van der Waals surface area contributed by atoms with Crippen molar-refractivity contribution >= 4 is 56.2 Å². The number of anilines is 3. The van der Waals surface area contributed by atoms with E-state index in [1.54, 1.807) is 36.4 Å². The lowest BCUT2D eigenvalue weighted by molar-refractivity contribution is -0.118. The molecule has 1 aliphatic heterocycles. The summed E-state index contributed by atoms with van der Waals surface area (Å²) in [5.74, 6) is -0.0250. The van der Waals surface area contributed by atoms with Crippen molar-refractivity contribution in [2.24, 2.45) is 0 Å². The molecule has 1 saturated heterocycles. The molecule has 0 spiro atoms. The number of sulfonamides is 1. The Hall–Kier alpha value is -3.45. The number of nitrogens with zero attached hydrogens (tertiary/aromatic N) is 2. The molecule has 1 heterocycles. The lowest BCUT2D eigenvalue weighted by atomic mass is 10.2. The zero-order valence-corrected chi connectivity index (χ0v) is 21.3. The zero-order valence-electron chi connectivity index (χ0n) is 19.0. The minimum Gasteiger partial charge on any atom is -0.484 e. The number of amides is 1. The number of carbonyl (C=O) groups is 1. The van der Waals surface area contributed by atoms with Crippen LogP contribution in [0.3, 0.4) is 0 Å². The number of nitriles is 1. The van der Waals surface area contributed by atoms with Gasteiger partial charge < -0.3 is 15.0 Å². The van der Waals surface area contributed by atoms with E-state index < -0.39 is 15.9 Å². The highest BCUT2D eigenvalue weighted by Crippen LogP contribution is 2.33. The van der Waals surface area contributed by atoms with Crippen LogP contribution in [0, 0.1) is 11.3 Å². The van der Waals surface area contributed by atoms with Crippen molar-refractivity contribution in [3.63, 3.8) is 0 Å². The van der Waals surface area contributed by atoms with Gasteiger partial charge in [-0.25, -0.2) is 8.42 Å². The van der Waals surface area contributed by atoms with E-state index in [0.717, 1.165) is 31.6 Å².